The van der Waals surface area contributed by atoms with Gasteiger partial charge in [0.1, 0.15) is 11.5 Å². The van der Waals surface area contributed by atoms with Gasteiger partial charge in [0.15, 0.2) is 0 Å². The fourth-order valence-electron chi connectivity index (χ4n) is 3.55. The normalized spacial score (nSPS) is 17.9. The van der Waals surface area contributed by atoms with Crippen molar-refractivity contribution in [2.75, 3.05) is 12.0 Å². The molecule has 3 aromatic carbocycles. The van der Waals surface area contributed by atoms with Crippen LogP contribution in [-0.2, 0) is 9.59 Å². The maximum Gasteiger partial charge on any atom is 0.300 e. The van der Waals surface area contributed by atoms with Crippen LogP contribution in [0.4, 0.5) is 5.69 Å². The van der Waals surface area contributed by atoms with Crippen molar-refractivity contribution >= 4 is 34.7 Å². The van der Waals surface area contributed by atoms with Crippen LogP contribution in [0.3, 0.4) is 0 Å². The number of carbonyl (C=O) groups excluding carboxylic acids is 2. The van der Waals surface area contributed by atoms with Crippen molar-refractivity contribution in [1.29, 1.82) is 0 Å². The van der Waals surface area contributed by atoms with Crippen LogP contribution in [0.15, 0.2) is 84.4 Å². The van der Waals surface area contributed by atoms with E-state index in [2.05, 4.69) is 0 Å². The zero-order chi connectivity index (χ0) is 21.3. The first-order valence-electron chi connectivity index (χ1n) is 9.27. The van der Waals surface area contributed by atoms with Crippen molar-refractivity contribution in [3.8, 4) is 5.75 Å². The summed E-state index contributed by atoms with van der Waals surface area (Å²) in [4.78, 5) is 27.4. The largest absolute Gasteiger partial charge is 0.507 e. The van der Waals surface area contributed by atoms with E-state index >= 15 is 0 Å². The summed E-state index contributed by atoms with van der Waals surface area (Å²) < 4.78 is 5.22. The number of carbonyl (C=O) groups is 2. The molecule has 0 spiro atoms. The Hall–Kier alpha value is -3.57. The van der Waals surface area contributed by atoms with E-state index in [-0.39, 0.29) is 11.3 Å². The number of ketones is 1. The van der Waals surface area contributed by atoms with Gasteiger partial charge < -0.3 is 9.84 Å². The summed E-state index contributed by atoms with van der Waals surface area (Å²) in [5.74, 6) is -1.04. The minimum Gasteiger partial charge on any atom is -0.507 e. The van der Waals surface area contributed by atoms with Gasteiger partial charge in [-0.3, -0.25) is 14.5 Å². The monoisotopic (exact) mass is 419 g/mol. The maximum absolute atomic E-state index is 13.0. The molecule has 1 amide bonds. The lowest BCUT2D eigenvalue weighted by atomic mass is 9.95. The topological polar surface area (TPSA) is 66.8 Å². The highest BCUT2D eigenvalue weighted by atomic mass is 35.5. The molecule has 1 heterocycles. The highest BCUT2D eigenvalue weighted by Gasteiger charge is 2.46. The molecule has 30 heavy (non-hydrogen) atoms. The zero-order valence-electron chi connectivity index (χ0n) is 16.1. The molecule has 0 radical (unpaired) electrons. The molecule has 0 aromatic heterocycles. The molecule has 1 aliphatic heterocycles. The van der Waals surface area contributed by atoms with Crippen molar-refractivity contribution < 1.29 is 19.4 Å². The molecular weight excluding hydrogens is 402 g/mol. The predicted molar refractivity (Wildman–Crippen MR) is 116 cm³/mol. The van der Waals surface area contributed by atoms with Crippen LogP contribution >= 0.6 is 11.6 Å². The Bertz CT molecular complexity index is 1120. The summed E-state index contributed by atoms with van der Waals surface area (Å²) in [6, 6.07) is 21.7. The summed E-state index contributed by atoms with van der Waals surface area (Å²) in [5.41, 5.74) is 1.67. The molecule has 0 bridgehead atoms. The Morgan fingerprint density at radius 2 is 1.57 bits per heavy atom. The minimum absolute atomic E-state index is 0.0244. The van der Waals surface area contributed by atoms with Crippen molar-refractivity contribution in [3.05, 3.63) is 101 Å². The lowest BCUT2D eigenvalue weighted by Crippen LogP contribution is -2.29. The first kappa shape index (κ1) is 19.7. The number of methoxy groups -OCH3 is 1. The van der Waals surface area contributed by atoms with E-state index in [1.807, 2.05) is 6.07 Å². The number of aliphatic hydroxyl groups is 1. The van der Waals surface area contributed by atoms with Gasteiger partial charge in [-0.1, -0.05) is 41.9 Å². The molecular formula is C24H18ClNO4. The van der Waals surface area contributed by atoms with Crippen molar-refractivity contribution in [2.45, 2.75) is 6.04 Å². The summed E-state index contributed by atoms with van der Waals surface area (Å²) >= 11 is 5.95. The van der Waals surface area contributed by atoms with E-state index in [9.17, 15) is 14.7 Å². The van der Waals surface area contributed by atoms with Gasteiger partial charge in [0.05, 0.1) is 18.7 Å². The number of hydrogen-bond acceptors (Lipinski definition) is 4. The van der Waals surface area contributed by atoms with E-state index in [0.717, 1.165) is 0 Å². The van der Waals surface area contributed by atoms with E-state index in [1.54, 1.807) is 79.9 Å². The zero-order valence-corrected chi connectivity index (χ0v) is 16.8. The lowest BCUT2D eigenvalue weighted by Gasteiger charge is -2.25. The van der Waals surface area contributed by atoms with Crippen LogP contribution in [0.2, 0.25) is 5.02 Å². The van der Waals surface area contributed by atoms with Crippen molar-refractivity contribution in [3.63, 3.8) is 0 Å². The van der Waals surface area contributed by atoms with Crippen molar-refractivity contribution in [1.82, 2.24) is 0 Å². The number of amides is 1. The third kappa shape index (κ3) is 3.44. The first-order chi connectivity index (χ1) is 14.5. The van der Waals surface area contributed by atoms with Gasteiger partial charge in [-0.2, -0.15) is 0 Å². The van der Waals surface area contributed by atoms with Crippen LogP contribution in [0.5, 0.6) is 5.75 Å². The molecule has 1 saturated heterocycles. The van der Waals surface area contributed by atoms with Crippen molar-refractivity contribution in [2.24, 2.45) is 0 Å². The second-order valence-corrected chi connectivity index (χ2v) is 7.22. The van der Waals surface area contributed by atoms with Crippen LogP contribution < -0.4 is 9.64 Å². The number of halogens is 1. The minimum atomic E-state index is -0.783. The molecule has 1 N–H and O–H groups in total. The number of ether oxygens (including phenoxy) is 1. The summed E-state index contributed by atoms with van der Waals surface area (Å²) in [5, 5.41) is 11.5. The molecule has 150 valence electrons. The van der Waals surface area contributed by atoms with E-state index in [0.29, 0.717) is 27.6 Å². The molecule has 1 aliphatic rings. The fraction of sp³-hybridized carbons (Fsp3) is 0.0833. The third-order valence-corrected chi connectivity index (χ3v) is 5.28. The second kappa shape index (κ2) is 8.05. The van der Waals surface area contributed by atoms with Gasteiger partial charge in [0, 0.05) is 16.3 Å². The molecule has 5 nitrogen and oxygen atoms in total. The molecule has 1 fully saturated rings. The molecule has 0 unspecified atom stereocenters. The molecule has 3 aromatic rings. The Labute approximate surface area is 178 Å². The standard InChI is InChI=1S/C24H18ClNO4/c1-30-19-13-9-15(10-14-19)21-20(22(27)16-7-11-17(25)12-8-16)23(28)24(29)26(21)18-5-3-2-4-6-18/h2-14,21,27H,1H3/t21-/m1/s1. The van der Waals surface area contributed by atoms with Crippen LogP contribution in [0.25, 0.3) is 5.76 Å². The van der Waals surface area contributed by atoms with Gasteiger partial charge in [0.25, 0.3) is 11.7 Å². The molecule has 0 aliphatic carbocycles. The first-order valence-corrected chi connectivity index (χ1v) is 9.65. The Morgan fingerprint density at radius 3 is 2.17 bits per heavy atom. The number of benzene rings is 3. The smallest absolute Gasteiger partial charge is 0.300 e. The van der Waals surface area contributed by atoms with E-state index in [4.69, 9.17) is 16.3 Å². The van der Waals surface area contributed by atoms with Gasteiger partial charge >= 0.3 is 0 Å². The number of nitrogens with zero attached hydrogens (tertiary/aromatic N) is 1. The third-order valence-electron chi connectivity index (χ3n) is 5.03. The van der Waals surface area contributed by atoms with Crippen LogP contribution in [-0.4, -0.2) is 23.9 Å². The number of para-hydroxylation sites is 1. The van der Waals surface area contributed by atoms with E-state index in [1.165, 1.54) is 4.90 Å². The predicted octanol–water partition coefficient (Wildman–Crippen LogP) is 4.97. The number of aliphatic hydroxyl groups excluding tert-OH is 1. The van der Waals surface area contributed by atoms with Gasteiger partial charge in [0.2, 0.25) is 0 Å². The molecule has 6 heteroatoms. The average molecular weight is 420 g/mol. The number of Topliss-reactive ketones (excluding diaryl/α,β-unsaturated/α-hetero) is 1. The van der Waals surface area contributed by atoms with Gasteiger partial charge in [-0.15, -0.1) is 0 Å². The highest BCUT2D eigenvalue weighted by molar-refractivity contribution is 6.51. The number of hydrogen-bond donors (Lipinski definition) is 1. The Morgan fingerprint density at radius 1 is 0.933 bits per heavy atom. The maximum atomic E-state index is 13.0. The summed E-state index contributed by atoms with van der Waals surface area (Å²) in [6.45, 7) is 0. The Balaban J connectivity index is 1.92. The van der Waals surface area contributed by atoms with Gasteiger partial charge in [-0.05, 0) is 54.1 Å². The van der Waals surface area contributed by atoms with Gasteiger partial charge in [-0.25, -0.2) is 0 Å². The molecule has 0 saturated carbocycles. The second-order valence-electron chi connectivity index (χ2n) is 6.78. The highest BCUT2D eigenvalue weighted by Crippen LogP contribution is 2.42. The molecule has 1 atom stereocenters. The fourth-order valence-corrected chi connectivity index (χ4v) is 3.68. The van der Waals surface area contributed by atoms with Crippen LogP contribution in [0.1, 0.15) is 17.2 Å². The number of anilines is 1. The average Bonchev–Trinajstić information content (AvgIpc) is 3.05. The van der Waals surface area contributed by atoms with Crippen LogP contribution in [0, 0.1) is 0 Å². The van der Waals surface area contributed by atoms with E-state index < -0.39 is 17.7 Å². The summed E-state index contributed by atoms with van der Waals surface area (Å²) in [7, 11) is 1.56. The SMILES string of the molecule is COc1ccc([C@@H]2C(=C(O)c3ccc(Cl)cc3)C(=O)C(=O)N2c2ccccc2)cc1. The molecule has 4 rings (SSSR count). The lowest BCUT2D eigenvalue weighted by molar-refractivity contribution is -0.132. The summed E-state index contributed by atoms with van der Waals surface area (Å²) in [6.07, 6.45) is 0. The Kier molecular flexibility index (Phi) is 5.29. The number of rotatable bonds is 4. The quantitative estimate of drug-likeness (QED) is 0.368.